The number of carbonyl (C=O) groups excluding carboxylic acids is 2. The Hall–Kier alpha value is -3.19. The maximum atomic E-state index is 12.6. The Morgan fingerprint density at radius 3 is 2.60 bits per heavy atom. The van der Waals surface area contributed by atoms with Crippen LogP contribution in [0.4, 0.5) is 16.5 Å². The van der Waals surface area contributed by atoms with Gasteiger partial charge in [-0.2, -0.15) is 0 Å². The van der Waals surface area contributed by atoms with E-state index in [4.69, 9.17) is 5.73 Å². The lowest BCUT2D eigenvalue weighted by Gasteiger charge is -2.10. The molecule has 0 aliphatic carbocycles. The highest BCUT2D eigenvalue weighted by Gasteiger charge is 2.12. The molecule has 0 radical (unpaired) electrons. The number of rotatable bonds is 4. The van der Waals surface area contributed by atoms with Gasteiger partial charge in [0.2, 0.25) is 5.91 Å². The Kier molecular flexibility index (Phi) is 4.76. The topological polar surface area (TPSA) is 97.1 Å². The molecular formula is C18H16N4O2S. The second-order valence-corrected chi connectivity index (χ2v) is 6.22. The molecule has 3 aromatic rings. The Labute approximate surface area is 148 Å². The highest BCUT2D eigenvalue weighted by molar-refractivity contribution is 7.13. The van der Waals surface area contributed by atoms with Gasteiger partial charge in [-0.15, -0.1) is 11.3 Å². The molecule has 0 unspecified atom stereocenters. The van der Waals surface area contributed by atoms with Gasteiger partial charge in [-0.1, -0.05) is 24.3 Å². The number of para-hydroxylation sites is 1. The average Bonchev–Trinajstić information content (AvgIpc) is 3.01. The average molecular weight is 352 g/mol. The predicted octanol–water partition coefficient (Wildman–Crippen LogP) is 3.60. The zero-order valence-corrected chi connectivity index (χ0v) is 14.3. The van der Waals surface area contributed by atoms with E-state index in [1.807, 2.05) is 23.6 Å². The molecule has 0 saturated heterocycles. The zero-order valence-electron chi connectivity index (χ0n) is 13.4. The van der Waals surface area contributed by atoms with E-state index in [0.29, 0.717) is 27.8 Å². The fraction of sp³-hybridized carbons (Fsp3) is 0.0556. The molecule has 0 atom stereocenters. The van der Waals surface area contributed by atoms with Gasteiger partial charge in [0.15, 0.2) is 5.13 Å². The van der Waals surface area contributed by atoms with Crippen molar-refractivity contribution in [3.05, 3.63) is 59.5 Å². The van der Waals surface area contributed by atoms with Crippen LogP contribution in [-0.4, -0.2) is 16.8 Å². The number of nitrogens with zero attached hydrogens (tertiary/aromatic N) is 1. The molecule has 0 spiro atoms. The van der Waals surface area contributed by atoms with Crippen LogP contribution in [0.5, 0.6) is 0 Å². The standard InChI is InChI=1S/C18H16N4O2S/c1-11(23)20-13-6-4-5-12(9-13)17(24)21-15-8-3-2-7-14(15)16-10-25-18(19)22-16/h2-10H,1H3,(H2,19,22)(H,20,23)(H,21,24). The van der Waals surface area contributed by atoms with Crippen LogP contribution < -0.4 is 16.4 Å². The first-order chi connectivity index (χ1) is 12.0. The highest BCUT2D eigenvalue weighted by atomic mass is 32.1. The number of amides is 2. The van der Waals surface area contributed by atoms with Crippen molar-refractivity contribution >= 4 is 39.7 Å². The van der Waals surface area contributed by atoms with E-state index in [2.05, 4.69) is 15.6 Å². The fourth-order valence-corrected chi connectivity index (χ4v) is 2.93. The monoisotopic (exact) mass is 352 g/mol. The Bertz CT molecular complexity index is 936. The van der Waals surface area contributed by atoms with Crippen LogP contribution in [0, 0.1) is 0 Å². The van der Waals surface area contributed by atoms with E-state index in [-0.39, 0.29) is 11.8 Å². The second kappa shape index (κ2) is 7.14. The molecule has 7 heteroatoms. The number of thiazole rings is 1. The predicted molar refractivity (Wildman–Crippen MR) is 101 cm³/mol. The third-order valence-electron chi connectivity index (χ3n) is 3.42. The molecule has 0 aliphatic heterocycles. The van der Waals surface area contributed by atoms with Crippen LogP contribution in [-0.2, 0) is 4.79 Å². The lowest BCUT2D eigenvalue weighted by atomic mass is 10.1. The molecule has 2 aromatic carbocycles. The molecule has 0 bridgehead atoms. The largest absolute Gasteiger partial charge is 0.375 e. The fourth-order valence-electron chi connectivity index (χ4n) is 2.36. The van der Waals surface area contributed by atoms with Crippen molar-refractivity contribution in [2.45, 2.75) is 6.92 Å². The van der Waals surface area contributed by atoms with Gasteiger partial charge in [0.05, 0.1) is 11.4 Å². The van der Waals surface area contributed by atoms with Gasteiger partial charge in [0.25, 0.3) is 5.91 Å². The van der Waals surface area contributed by atoms with Crippen molar-refractivity contribution in [1.82, 2.24) is 4.98 Å². The van der Waals surface area contributed by atoms with Crippen molar-refractivity contribution in [3.63, 3.8) is 0 Å². The number of hydrogen-bond acceptors (Lipinski definition) is 5. The van der Waals surface area contributed by atoms with Gasteiger partial charge >= 0.3 is 0 Å². The van der Waals surface area contributed by atoms with Gasteiger partial charge in [0.1, 0.15) is 0 Å². The number of anilines is 3. The maximum absolute atomic E-state index is 12.6. The lowest BCUT2D eigenvalue weighted by molar-refractivity contribution is -0.114. The molecule has 3 rings (SSSR count). The van der Waals surface area contributed by atoms with Gasteiger partial charge in [-0.3, -0.25) is 9.59 Å². The highest BCUT2D eigenvalue weighted by Crippen LogP contribution is 2.30. The van der Waals surface area contributed by atoms with E-state index in [0.717, 1.165) is 5.56 Å². The molecule has 1 heterocycles. The molecule has 126 valence electrons. The molecule has 0 saturated carbocycles. The number of hydrogen-bond donors (Lipinski definition) is 3. The molecule has 25 heavy (non-hydrogen) atoms. The molecule has 0 fully saturated rings. The molecular weight excluding hydrogens is 336 g/mol. The van der Waals surface area contributed by atoms with E-state index in [1.54, 1.807) is 30.3 Å². The zero-order chi connectivity index (χ0) is 17.8. The minimum Gasteiger partial charge on any atom is -0.375 e. The summed E-state index contributed by atoms with van der Waals surface area (Å²) in [7, 11) is 0. The summed E-state index contributed by atoms with van der Waals surface area (Å²) in [5.41, 5.74) is 8.86. The molecule has 1 aromatic heterocycles. The summed E-state index contributed by atoms with van der Waals surface area (Å²) in [5, 5.41) is 7.87. The number of carbonyl (C=O) groups is 2. The smallest absolute Gasteiger partial charge is 0.255 e. The van der Waals surface area contributed by atoms with Crippen LogP contribution in [0.2, 0.25) is 0 Å². The number of nitrogen functional groups attached to an aromatic ring is 1. The first kappa shape index (κ1) is 16.7. The summed E-state index contributed by atoms with van der Waals surface area (Å²) in [6.07, 6.45) is 0. The first-order valence-corrected chi connectivity index (χ1v) is 8.40. The Morgan fingerprint density at radius 2 is 1.88 bits per heavy atom. The first-order valence-electron chi connectivity index (χ1n) is 7.52. The number of aromatic nitrogens is 1. The number of nitrogens with two attached hydrogens (primary N) is 1. The maximum Gasteiger partial charge on any atom is 0.255 e. The minimum absolute atomic E-state index is 0.191. The summed E-state index contributed by atoms with van der Waals surface area (Å²) >= 11 is 1.34. The van der Waals surface area contributed by atoms with Crippen LogP contribution >= 0.6 is 11.3 Å². The minimum atomic E-state index is -0.275. The quantitative estimate of drug-likeness (QED) is 0.668. The van der Waals surface area contributed by atoms with Crippen molar-refractivity contribution in [2.75, 3.05) is 16.4 Å². The molecule has 6 nitrogen and oxygen atoms in total. The van der Waals surface area contributed by atoms with Crippen molar-refractivity contribution in [1.29, 1.82) is 0 Å². The van der Waals surface area contributed by atoms with Gasteiger partial charge in [-0.25, -0.2) is 4.98 Å². The summed E-state index contributed by atoms with van der Waals surface area (Å²) in [6.45, 7) is 1.42. The second-order valence-electron chi connectivity index (χ2n) is 5.33. The van der Waals surface area contributed by atoms with Crippen LogP contribution in [0.25, 0.3) is 11.3 Å². The van der Waals surface area contributed by atoms with Gasteiger partial charge in [0, 0.05) is 29.1 Å². The SMILES string of the molecule is CC(=O)Nc1cccc(C(=O)Nc2ccccc2-c2csc(N)n2)c1. The summed E-state index contributed by atoms with van der Waals surface area (Å²) in [6, 6.07) is 14.1. The lowest BCUT2D eigenvalue weighted by Crippen LogP contribution is -2.13. The van der Waals surface area contributed by atoms with Gasteiger partial charge in [-0.05, 0) is 24.3 Å². The van der Waals surface area contributed by atoms with Gasteiger partial charge < -0.3 is 16.4 Å². The summed E-state index contributed by atoms with van der Waals surface area (Å²) in [4.78, 5) is 28.0. The van der Waals surface area contributed by atoms with Crippen molar-refractivity contribution in [3.8, 4) is 11.3 Å². The van der Waals surface area contributed by atoms with E-state index in [9.17, 15) is 9.59 Å². The van der Waals surface area contributed by atoms with E-state index < -0.39 is 0 Å². The molecule has 4 N–H and O–H groups in total. The third-order valence-corrected chi connectivity index (χ3v) is 4.09. The molecule has 2 amide bonds. The summed E-state index contributed by atoms with van der Waals surface area (Å²) in [5.74, 6) is -0.466. The van der Waals surface area contributed by atoms with E-state index >= 15 is 0 Å². The summed E-state index contributed by atoms with van der Waals surface area (Å²) < 4.78 is 0. The number of benzene rings is 2. The normalized spacial score (nSPS) is 10.3. The number of nitrogens with one attached hydrogen (secondary N) is 2. The van der Waals surface area contributed by atoms with Crippen molar-refractivity contribution in [2.24, 2.45) is 0 Å². The van der Waals surface area contributed by atoms with Crippen LogP contribution in [0.3, 0.4) is 0 Å². The van der Waals surface area contributed by atoms with Crippen LogP contribution in [0.1, 0.15) is 17.3 Å². The van der Waals surface area contributed by atoms with Crippen LogP contribution in [0.15, 0.2) is 53.9 Å². The third kappa shape index (κ3) is 4.02. The Balaban J connectivity index is 1.86. The Morgan fingerprint density at radius 1 is 1.08 bits per heavy atom. The molecule has 0 aliphatic rings. The van der Waals surface area contributed by atoms with E-state index in [1.165, 1.54) is 18.3 Å². The van der Waals surface area contributed by atoms with Crippen molar-refractivity contribution < 1.29 is 9.59 Å².